The van der Waals surface area contributed by atoms with Crippen molar-refractivity contribution in [1.29, 1.82) is 0 Å². The Balaban J connectivity index is 4.74. The van der Waals surface area contributed by atoms with Crippen molar-refractivity contribution >= 4 is 5.84 Å². The zero-order valence-corrected chi connectivity index (χ0v) is 4.79. The van der Waals surface area contributed by atoms with Gasteiger partial charge < -0.3 is 5.73 Å². The standard InChI is InChI=1S/C3H2F6N2/c4-2(5,1(10)11-9)3(6,7)8/h(H2,10,11). The van der Waals surface area contributed by atoms with Crippen LogP contribution >= 0.6 is 0 Å². The van der Waals surface area contributed by atoms with Crippen molar-refractivity contribution < 1.29 is 26.4 Å². The minimum atomic E-state index is -5.91. The number of nitrogens with two attached hydrogens (primary N) is 1. The van der Waals surface area contributed by atoms with Crippen molar-refractivity contribution in [2.75, 3.05) is 0 Å². The smallest absolute Gasteiger partial charge is 0.380 e. The quantitative estimate of drug-likeness (QED) is 0.370. The van der Waals surface area contributed by atoms with Gasteiger partial charge in [-0.3, -0.25) is 0 Å². The number of alkyl halides is 5. The number of nitrogens with zero attached hydrogens (tertiary/aromatic N) is 1. The molecule has 0 rings (SSSR count). The molecule has 0 atom stereocenters. The molecule has 0 aliphatic carbocycles. The molecule has 0 spiro atoms. The highest BCUT2D eigenvalue weighted by molar-refractivity contribution is 5.87. The Morgan fingerprint density at radius 2 is 1.45 bits per heavy atom. The number of halogens is 6. The molecule has 2 nitrogen and oxygen atoms in total. The molecule has 0 amide bonds. The highest BCUT2D eigenvalue weighted by Crippen LogP contribution is 2.35. The first-order valence-corrected chi connectivity index (χ1v) is 2.13. The molecule has 0 fully saturated rings. The van der Waals surface area contributed by atoms with Crippen LogP contribution in [0, 0.1) is 0 Å². The number of rotatable bonds is 1. The van der Waals surface area contributed by atoms with Crippen LogP contribution in [-0.4, -0.2) is 17.9 Å². The Morgan fingerprint density at radius 3 is 1.55 bits per heavy atom. The van der Waals surface area contributed by atoms with Crippen molar-refractivity contribution in [3.63, 3.8) is 0 Å². The second-order valence-electron chi connectivity index (χ2n) is 1.54. The largest absolute Gasteiger partial charge is 0.461 e. The third kappa shape index (κ3) is 1.75. The van der Waals surface area contributed by atoms with Gasteiger partial charge in [0.25, 0.3) is 0 Å². The van der Waals surface area contributed by atoms with Crippen LogP contribution in [0.5, 0.6) is 0 Å². The van der Waals surface area contributed by atoms with Gasteiger partial charge in [-0.1, -0.05) is 9.70 Å². The number of amidine groups is 1. The van der Waals surface area contributed by atoms with Crippen LogP contribution in [0.3, 0.4) is 0 Å². The van der Waals surface area contributed by atoms with E-state index in [2.05, 4.69) is 5.73 Å². The fraction of sp³-hybridized carbons (Fsp3) is 0.667. The van der Waals surface area contributed by atoms with Crippen LogP contribution in [0.2, 0.25) is 0 Å². The summed E-state index contributed by atoms with van der Waals surface area (Å²) < 4.78 is 67.9. The van der Waals surface area contributed by atoms with Crippen LogP contribution in [0.4, 0.5) is 26.4 Å². The summed E-state index contributed by atoms with van der Waals surface area (Å²) in [5.74, 6) is -7.80. The van der Waals surface area contributed by atoms with Crippen molar-refractivity contribution in [2.24, 2.45) is 10.9 Å². The average Bonchev–Trinajstić information content (AvgIpc) is 1.83. The summed E-state index contributed by atoms with van der Waals surface area (Å²) in [5.41, 5.74) is 3.94. The maximum Gasteiger partial charge on any atom is 0.461 e. The lowest BCUT2D eigenvalue weighted by Gasteiger charge is -2.16. The molecule has 8 heteroatoms. The second-order valence-corrected chi connectivity index (χ2v) is 1.54. The van der Waals surface area contributed by atoms with E-state index in [4.69, 9.17) is 0 Å². The van der Waals surface area contributed by atoms with Gasteiger partial charge in [0.1, 0.15) is 0 Å². The Labute approximate surface area is 56.6 Å². The molecule has 66 valence electrons. The Bertz CT molecular complexity index is 169. The molecular formula is C3H2F6N2. The molecule has 0 aromatic rings. The number of hydrogen-bond acceptors (Lipinski definition) is 1. The molecular weight excluding hydrogens is 178 g/mol. The zero-order chi connectivity index (χ0) is 9.28. The first-order valence-electron chi connectivity index (χ1n) is 2.13. The van der Waals surface area contributed by atoms with E-state index in [-0.39, 0.29) is 0 Å². The fourth-order valence-electron chi connectivity index (χ4n) is 0.198. The molecule has 0 aliphatic heterocycles. The highest BCUT2D eigenvalue weighted by atomic mass is 19.4. The van der Waals surface area contributed by atoms with Gasteiger partial charge in [-0.05, 0) is 0 Å². The minimum absolute atomic E-state index is 1.05. The maximum absolute atomic E-state index is 11.7. The van der Waals surface area contributed by atoms with Gasteiger partial charge in [-0.15, -0.1) is 0 Å². The van der Waals surface area contributed by atoms with Crippen molar-refractivity contribution in [1.82, 2.24) is 0 Å². The molecule has 0 heterocycles. The SMILES string of the molecule is NC(=NF)C(F)(F)C(F)(F)F. The van der Waals surface area contributed by atoms with Crippen molar-refractivity contribution in [3.8, 4) is 0 Å². The fourth-order valence-corrected chi connectivity index (χ4v) is 0.198. The summed E-state index contributed by atoms with van der Waals surface area (Å²) in [4.78, 5) is 0. The molecule has 0 radical (unpaired) electrons. The summed E-state index contributed by atoms with van der Waals surface area (Å²) in [6, 6.07) is 0. The van der Waals surface area contributed by atoms with E-state index in [1.165, 1.54) is 0 Å². The normalized spacial score (nSPS) is 15.3. The first-order chi connectivity index (χ1) is 4.73. The summed E-state index contributed by atoms with van der Waals surface area (Å²) in [5, 5.41) is 1.05. The summed E-state index contributed by atoms with van der Waals surface area (Å²) in [6.45, 7) is 0. The topological polar surface area (TPSA) is 38.4 Å². The van der Waals surface area contributed by atoms with Crippen molar-refractivity contribution in [3.05, 3.63) is 0 Å². The average molecular weight is 180 g/mol. The van der Waals surface area contributed by atoms with E-state index >= 15 is 0 Å². The first kappa shape index (κ1) is 10.1. The Hall–Kier alpha value is -0.950. The monoisotopic (exact) mass is 180 g/mol. The molecule has 0 aliphatic rings. The molecule has 0 saturated heterocycles. The summed E-state index contributed by atoms with van der Waals surface area (Å²) in [6.07, 6.45) is -5.91. The second kappa shape index (κ2) is 2.59. The van der Waals surface area contributed by atoms with Crippen LogP contribution in [-0.2, 0) is 0 Å². The maximum atomic E-state index is 11.7. The van der Waals surface area contributed by atoms with E-state index < -0.39 is 17.9 Å². The lowest BCUT2D eigenvalue weighted by molar-refractivity contribution is -0.250. The number of hydrogen-bond donors (Lipinski definition) is 1. The minimum Gasteiger partial charge on any atom is -0.380 e. The molecule has 0 saturated carbocycles. The van der Waals surface area contributed by atoms with Gasteiger partial charge in [-0.2, -0.15) is 22.0 Å². The van der Waals surface area contributed by atoms with E-state index in [0.29, 0.717) is 0 Å². The molecule has 0 unspecified atom stereocenters. The third-order valence-corrected chi connectivity index (χ3v) is 0.769. The third-order valence-electron chi connectivity index (χ3n) is 0.769. The Kier molecular flexibility index (Phi) is 2.37. The molecule has 0 bridgehead atoms. The van der Waals surface area contributed by atoms with E-state index in [0.717, 1.165) is 5.21 Å². The van der Waals surface area contributed by atoms with E-state index in [1.807, 2.05) is 0 Å². The van der Waals surface area contributed by atoms with Crippen LogP contribution in [0.1, 0.15) is 0 Å². The summed E-state index contributed by atoms with van der Waals surface area (Å²) in [7, 11) is 0. The van der Waals surface area contributed by atoms with Gasteiger partial charge in [0, 0.05) is 0 Å². The van der Waals surface area contributed by atoms with Crippen molar-refractivity contribution in [2.45, 2.75) is 12.1 Å². The molecule has 0 aromatic heterocycles. The lowest BCUT2D eigenvalue weighted by Crippen LogP contribution is -2.48. The zero-order valence-electron chi connectivity index (χ0n) is 4.79. The van der Waals surface area contributed by atoms with E-state index in [9.17, 15) is 26.4 Å². The Morgan fingerprint density at radius 1 is 1.09 bits per heavy atom. The van der Waals surface area contributed by atoms with Crippen LogP contribution < -0.4 is 5.73 Å². The van der Waals surface area contributed by atoms with Gasteiger partial charge >= 0.3 is 12.1 Å². The van der Waals surface area contributed by atoms with Crippen LogP contribution in [0.15, 0.2) is 5.21 Å². The predicted octanol–water partition coefficient (Wildman–Crippen LogP) is 1.43. The lowest BCUT2D eigenvalue weighted by atomic mass is 10.3. The summed E-state index contributed by atoms with van der Waals surface area (Å²) >= 11 is 0. The van der Waals surface area contributed by atoms with Gasteiger partial charge in [0.05, 0.1) is 0 Å². The molecule has 0 aromatic carbocycles. The van der Waals surface area contributed by atoms with E-state index in [1.54, 1.807) is 0 Å². The predicted molar refractivity (Wildman–Crippen MR) is 23.7 cm³/mol. The highest BCUT2D eigenvalue weighted by Gasteiger charge is 2.61. The molecule has 11 heavy (non-hydrogen) atoms. The molecule has 2 N–H and O–H groups in total. The van der Waals surface area contributed by atoms with Gasteiger partial charge in [-0.25, -0.2) is 0 Å². The van der Waals surface area contributed by atoms with Gasteiger partial charge in [0.2, 0.25) is 5.84 Å². The van der Waals surface area contributed by atoms with Gasteiger partial charge in [0.15, 0.2) is 0 Å². The van der Waals surface area contributed by atoms with Crippen LogP contribution in [0.25, 0.3) is 0 Å².